The molecule has 0 amide bonds. The lowest BCUT2D eigenvalue weighted by Crippen LogP contribution is -1.95. The van der Waals surface area contributed by atoms with Crippen LogP contribution in [0.2, 0.25) is 0 Å². The fourth-order valence-corrected chi connectivity index (χ4v) is 2.72. The number of hydrogen-bond acceptors (Lipinski definition) is 5. The number of pyridine rings is 1. The minimum absolute atomic E-state index is 0.130. The van der Waals surface area contributed by atoms with E-state index in [2.05, 4.69) is 4.98 Å². The molecule has 0 radical (unpaired) electrons. The van der Waals surface area contributed by atoms with E-state index in [4.69, 9.17) is 9.66 Å². The summed E-state index contributed by atoms with van der Waals surface area (Å²) in [5.74, 6) is -1.04. The van der Waals surface area contributed by atoms with E-state index in [1.807, 2.05) is 0 Å². The first-order valence-corrected chi connectivity index (χ1v) is 5.25. The molecule has 0 aliphatic carbocycles. The molecule has 0 saturated heterocycles. The Kier molecular flexibility index (Phi) is 2.40. The van der Waals surface area contributed by atoms with Gasteiger partial charge < -0.3 is 9.66 Å². The smallest absolute Gasteiger partial charge is 0.338 e. The molecule has 0 fully saturated rings. The molecule has 0 aromatic carbocycles. The van der Waals surface area contributed by atoms with Gasteiger partial charge in [-0.25, -0.2) is 9.78 Å². The Morgan fingerprint density at radius 1 is 1.57 bits per heavy atom. The van der Waals surface area contributed by atoms with Crippen LogP contribution in [0.5, 0.6) is 0 Å². The lowest BCUT2D eigenvalue weighted by Gasteiger charge is -1.92. The lowest BCUT2D eigenvalue weighted by atomic mass is 10.2. The highest BCUT2D eigenvalue weighted by molar-refractivity contribution is 7.96. The normalized spacial score (nSPS) is 10.6. The first-order chi connectivity index (χ1) is 6.74. The highest BCUT2D eigenvalue weighted by Gasteiger charge is 2.18. The van der Waals surface area contributed by atoms with Crippen molar-refractivity contribution in [1.82, 2.24) is 4.98 Å². The summed E-state index contributed by atoms with van der Waals surface area (Å²) in [4.78, 5) is 15.6. The van der Waals surface area contributed by atoms with Gasteiger partial charge in [0.05, 0.1) is 5.56 Å². The maximum Gasteiger partial charge on any atom is 0.338 e. The number of nitrogens with zero attached hydrogens (tertiary/aromatic N) is 1. The molecule has 0 aliphatic heterocycles. The Hall–Kier alpha value is -1.11. The molecule has 0 bridgehead atoms. The summed E-state index contributed by atoms with van der Waals surface area (Å²) in [6.45, 7) is 0. The molecule has 0 spiro atoms. The van der Waals surface area contributed by atoms with Crippen molar-refractivity contribution in [2.75, 3.05) is 0 Å². The van der Waals surface area contributed by atoms with Crippen molar-refractivity contribution in [3.8, 4) is 0 Å². The molecule has 0 unspecified atom stereocenters. The molecule has 6 heteroatoms. The second kappa shape index (κ2) is 3.56. The minimum Gasteiger partial charge on any atom is -0.478 e. The highest BCUT2D eigenvalue weighted by Crippen LogP contribution is 2.35. The first kappa shape index (κ1) is 9.45. The van der Waals surface area contributed by atoms with Gasteiger partial charge in [0.1, 0.15) is 9.04 Å². The van der Waals surface area contributed by atoms with E-state index in [9.17, 15) is 4.79 Å². The third-order valence-electron chi connectivity index (χ3n) is 1.73. The maximum absolute atomic E-state index is 10.9. The van der Waals surface area contributed by atoms with Gasteiger partial charge in [0, 0.05) is 23.6 Å². The molecular formula is C8H5NO3S2. The van der Waals surface area contributed by atoms with E-state index >= 15 is 0 Å². The van der Waals surface area contributed by atoms with Gasteiger partial charge in [-0.1, -0.05) is 0 Å². The Balaban J connectivity index is 2.81. The summed E-state index contributed by atoms with van der Waals surface area (Å²) >= 11 is 1.62. The number of carboxylic acids is 1. The lowest BCUT2D eigenvalue weighted by molar-refractivity contribution is 0.0696. The maximum atomic E-state index is 10.9. The molecule has 2 aromatic heterocycles. The molecule has 4 nitrogen and oxygen atoms in total. The topological polar surface area (TPSA) is 70.4 Å². The fraction of sp³-hybridized carbons (Fsp3) is 0. The molecule has 0 aliphatic rings. The largest absolute Gasteiger partial charge is 0.478 e. The summed E-state index contributed by atoms with van der Waals surface area (Å²) in [5, 5.41) is 9.51. The van der Waals surface area contributed by atoms with Crippen LogP contribution in [0.15, 0.2) is 22.5 Å². The van der Waals surface area contributed by atoms with Crippen LogP contribution in [0, 0.1) is 0 Å². The summed E-state index contributed by atoms with van der Waals surface area (Å²) < 4.78 is 9.27. The number of carbonyl (C=O) groups is 1. The van der Waals surface area contributed by atoms with Crippen molar-refractivity contribution in [2.24, 2.45) is 0 Å². The number of rotatable bonds is 2. The van der Waals surface area contributed by atoms with Gasteiger partial charge in [-0.2, -0.15) is 0 Å². The van der Waals surface area contributed by atoms with Crippen LogP contribution in [-0.4, -0.2) is 20.6 Å². The molecule has 0 atom stereocenters. The van der Waals surface area contributed by atoms with Crippen molar-refractivity contribution in [1.29, 1.82) is 0 Å². The Morgan fingerprint density at radius 2 is 2.36 bits per heavy atom. The second-order valence-electron chi connectivity index (χ2n) is 2.52. The molecule has 72 valence electrons. The third kappa shape index (κ3) is 1.37. The van der Waals surface area contributed by atoms with Crippen molar-refractivity contribution >= 4 is 39.6 Å². The number of hydrogen-bond donors (Lipinski definition) is 2. The quantitative estimate of drug-likeness (QED) is 0.771. The van der Waals surface area contributed by atoms with Crippen molar-refractivity contribution in [3.63, 3.8) is 0 Å². The molecule has 2 heterocycles. The van der Waals surface area contributed by atoms with Crippen molar-refractivity contribution in [2.45, 2.75) is 4.21 Å². The summed E-state index contributed by atoms with van der Waals surface area (Å²) in [6, 6.07) is 3.36. The van der Waals surface area contributed by atoms with Gasteiger partial charge in [-0.05, 0) is 12.1 Å². The number of aromatic nitrogens is 1. The van der Waals surface area contributed by atoms with Crippen LogP contribution in [-0.2, 0) is 0 Å². The molecule has 0 saturated carbocycles. The van der Waals surface area contributed by atoms with Crippen molar-refractivity contribution in [3.05, 3.63) is 23.9 Å². The van der Waals surface area contributed by atoms with Crippen molar-refractivity contribution < 1.29 is 14.5 Å². The number of aromatic carboxylic acids is 1. The van der Waals surface area contributed by atoms with E-state index in [1.54, 1.807) is 18.3 Å². The summed E-state index contributed by atoms with van der Waals surface area (Å²) in [7, 11) is 0. The third-order valence-corrected chi connectivity index (χ3v) is 3.48. The van der Waals surface area contributed by atoms with Gasteiger partial charge >= 0.3 is 5.97 Å². The zero-order chi connectivity index (χ0) is 10.1. The second-order valence-corrected chi connectivity index (χ2v) is 4.37. The van der Waals surface area contributed by atoms with E-state index in [0.29, 0.717) is 26.5 Å². The molecule has 2 aromatic rings. The number of thiophene rings is 1. The number of fused-ring (bicyclic) bond motifs is 1. The van der Waals surface area contributed by atoms with E-state index in [0.717, 1.165) is 0 Å². The standard InChI is InChI=1S/C8H5NO3S2/c10-7(11)5-4-2-1-3-9-6(4)13-8(5)14-12/h1-3,12H,(H,10,11). The minimum atomic E-state index is -1.04. The Bertz CT molecular complexity index is 494. The SMILES string of the molecule is O=C(O)c1c(SO)sc2ncccc12. The predicted molar refractivity (Wildman–Crippen MR) is 55.1 cm³/mol. The fourth-order valence-electron chi connectivity index (χ4n) is 1.18. The zero-order valence-corrected chi connectivity index (χ0v) is 8.43. The van der Waals surface area contributed by atoms with E-state index in [1.165, 1.54) is 11.3 Å². The molecule has 2 N–H and O–H groups in total. The summed E-state index contributed by atoms with van der Waals surface area (Å²) in [6.07, 6.45) is 1.59. The monoisotopic (exact) mass is 227 g/mol. The average Bonchev–Trinajstić information content (AvgIpc) is 2.55. The van der Waals surface area contributed by atoms with Gasteiger partial charge in [-0.3, -0.25) is 0 Å². The van der Waals surface area contributed by atoms with E-state index in [-0.39, 0.29) is 5.56 Å². The first-order valence-electron chi connectivity index (χ1n) is 3.66. The Morgan fingerprint density at radius 3 is 3.00 bits per heavy atom. The average molecular weight is 227 g/mol. The van der Waals surface area contributed by atoms with Crippen LogP contribution in [0.25, 0.3) is 10.2 Å². The van der Waals surface area contributed by atoms with Crippen LogP contribution in [0.4, 0.5) is 0 Å². The highest BCUT2D eigenvalue weighted by atomic mass is 32.2. The van der Waals surface area contributed by atoms with Gasteiger partial charge in [0.15, 0.2) is 0 Å². The van der Waals surface area contributed by atoms with Crippen LogP contribution in [0.3, 0.4) is 0 Å². The van der Waals surface area contributed by atoms with Crippen LogP contribution < -0.4 is 0 Å². The predicted octanol–water partition coefficient (Wildman–Crippen LogP) is 2.56. The van der Waals surface area contributed by atoms with Crippen LogP contribution in [0.1, 0.15) is 10.4 Å². The molecule has 14 heavy (non-hydrogen) atoms. The number of carboxylic acid groups (broad SMARTS) is 1. The van der Waals surface area contributed by atoms with Crippen LogP contribution >= 0.6 is 23.4 Å². The zero-order valence-electron chi connectivity index (χ0n) is 6.80. The molecule has 2 rings (SSSR count). The Labute approximate surface area is 87.4 Å². The van der Waals surface area contributed by atoms with Gasteiger partial charge in [0.2, 0.25) is 0 Å². The van der Waals surface area contributed by atoms with Gasteiger partial charge in [-0.15, -0.1) is 11.3 Å². The summed E-state index contributed by atoms with van der Waals surface area (Å²) in [5.41, 5.74) is 0.130. The van der Waals surface area contributed by atoms with E-state index < -0.39 is 5.97 Å². The van der Waals surface area contributed by atoms with Gasteiger partial charge in [0.25, 0.3) is 0 Å². The molecular weight excluding hydrogens is 222 g/mol.